The lowest BCUT2D eigenvalue weighted by molar-refractivity contribution is -0.147. The molecule has 0 aliphatic carbocycles. The lowest BCUT2D eigenvalue weighted by Crippen LogP contribution is -2.29. The molecule has 0 radical (unpaired) electrons. The van der Waals surface area contributed by atoms with Crippen molar-refractivity contribution < 1.29 is 24.2 Å². The van der Waals surface area contributed by atoms with Gasteiger partial charge in [-0.15, -0.1) is 0 Å². The fraction of sp³-hybridized carbons (Fsp3) is 0.375. The Hall–Kier alpha value is -3.15. The van der Waals surface area contributed by atoms with Crippen LogP contribution in [-0.2, 0) is 19.1 Å². The number of rotatable bonds is 11. The van der Waals surface area contributed by atoms with Crippen molar-refractivity contribution in [3.05, 3.63) is 60.2 Å². The number of nitrogens with one attached hydrogen (secondary N) is 1. The first-order valence-electron chi connectivity index (χ1n) is 10.2. The molecule has 6 nitrogen and oxygen atoms in total. The van der Waals surface area contributed by atoms with Crippen molar-refractivity contribution in [2.45, 2.75) is 45.6 Å². The predicted molar refractivity (Wildman–Crippen MR) is 115 cm³/mol. The molecule has 2 aromatic carbocycles. The zero-order valence-corrected chi connectivity index (χ0v) is 17.5. The number of ether oxygens (including phenoxy) is 1. The van der Waals surface area contributed by atoms with E-state index in [4.69, 9.17) is 9.84 Å². The Morgan fingerprint density at radius 2 is 1.57 bits per heavy atom. The standard InChI is InChI=1S/C24H29NO5/c1-3-30-24(29)17(2)9-14-21(25-22(26)15-16-23(27)28)20-12-10-19(11-13-20)18-7-5-4-6-8-18/h4-8,10-13,17,21H,3,9,14-16H2,1-2H3,(H,25,26)(H,27,28)/t17-,21?/m1/s1. The number of amides is 1. The molecule has 0 aliphatic rings. The molecule has 0 heterocycles. The maximum Gasteiger partial charge on any atom is 0.308 e. The van der Waals surface area contributed by atoms with Crippen LogP contribution in [0.4, 0.5) is 0 Å². The van der Waals surface area contributed by atoms with Crippen molar-refractivity contribution in [2.75, 3.05) is 6.61 Å². The SMILES string of the molecule is CCOC(=O)[C@H](C)CCC(NC(=O)CCC(=O)O)c1ccc(-c2ccccc2)cc1. The maximum atomic E-state index is 12.2. The third kappa shape index (κ3) is 7.35. The van der Waals surface area contributed by atoms with Crippen molar-refractivity contribution in [2.24, 2.45) is 5.92 Å². The van der Waals surface area contributed by atoms with E-state index < -0.39 is 5.97 Å². The molecule has 0 aliphatic heterocycles. The predicted octanol–water partition coefficient (Wildman–Crippen LogP) is 4.36. The summed E-state index contributed by atoms with van der Waals surface area (Å²) in [6.45, 7) is 3.91. The van der Waals surface area contributed by atoms with Gasteiger partial charge in [-0.25, -0.2) is 0 Å². The van der Waals surface area contributed by atoms with Gasteiger partial charge in [0.2, 0.25) is 5.91 Å². The third-order valence-corrected chi connectivity index (χ3v) is 4.90. The number of hydrogen-bond acceptors (Lipinski definition) is 4. The summed E-state index contributed by atoms with van der Waals surface area (Å²) >= 11 is 0. The van der Waals surface area contributed by atoms with Gasteiger partial charge in [0.25, 0.3) is 0 Å². The smallest absolute Gasteiger partial charge is 0.308 e. The highest BCUT2D eigenvalue weighted by atomic mass is 16.5. The van der Waals surface area contributed by atoms with E-state index in [0.717, 1.165) is 16.7 Å². The van der Waals surface area contributed by atoms with E-state index in [2.05, 4.69) is 5.32 Å². The van der Waals surface area contributed by atoms with Gasteiger partial charge in [-0.2, -0.15) is 0 Å². The maximum absolute atomic E-state index is 12.2. The lowest BCUT2D eigenvalue weighted by atomic mass is 9.95. The molecule has 2 rings (SSSR count). The molecule has 2 atom stereocenters. The van der Waals surface area contributed by atoms with Crippen molar-refractivity contribution in [1.29, 1.82) is 0 Å². The van der Waals surface area contributed by atoms with Gasteiger partial charge in [0, 0.05) is 6.42 Å². The van der Waals surface area contributed by atoms with Crippen LogP contribution in [0.1, 0.15) is 51.1 Å². The molecule has 30 heavy (non-hydrogen) atoms. The molecule has 0 fully saturated rings. The first-order valence-corrected chi connectivity index (χ1v) is 10.2. The summed E-state index contributed by atoms with van der Waals surface area (Å²) in [6.07, 6.45) is 0.790. The summed E-state index contributed by atoms with van der Waals surface area (Å²) in [7, 11) is 0. The molecular weight excluding hydrogens is 382 g/mol. The second-order valence-electron chi connectivity index (χ2n) is 7.23. The van der Waals surface area contributed by atoms with Crippen LogP contribution in [0.2, 0.25) is 0 Å². The lowest BCUT2D eigenvalue weighted by Gasteiger charge is -2.21. The van der Waals surface area contributed by atoms with Crippen molar-refractivity contribution >= 4 is 17.8 Å². The van der Waals surface area contributed by atoms with Crippen LogP contribution in [-0.4, -0.2) is 29.6 Å². The summed E-state index contributed by atoms with van der Waals surface area (Å²) in [5.74, 6) is -1.87. The zero-order valence-electron chi connectivity index (χ0n) is 17.5. The van der Waals surface area contributed by atoms with Crippen LogP contribution in [0.5, 0.6) is 0 Å². The zero-order chi connectivity index (χ0) is 21.9. The first-order chi connectivity index (χ1) is 14.4. The van der Waals surface area contributed by atoms with Gasteiger partial charge in [0.1, 0.15) is 0 Å². The Kier molecular flexibility index (Phi) is 9.06. The van der Waals surface area contributed by atoms with Gasteiger partial charge in [0.05, 0.1) is 25.0 Å². The quantitative estimate of drug-likeness (QED) is 0.536. The molecule has 2 N–H and O–H groups in total. The second kappa shape index (κ2) is 11.8. The van der Waals surface area contributed by atoms with Crippen LogP contribution in [0, 0.1) is 5.92 Å². The minimum Gasteiger partial charge on any atom is -0.481 e. The minimum atomic E-state index is -1.01. The number of benzene rings is 2. The van der Waals surface area contributed by atoms with Crippen molar-refractivity contribution in [3.63, 3.8) is 0 Å². The van der Waals surface area contributed by atoms with Gasteiger partial charge in [-0.3, -0.25) is 14.4 Å². The van der Waals surface area contributed by atoms with Gasteiger partial charge in [-0.05, 0) is 36.5 Å². The van der Waals surface area contributed by atoms with E-state index in [1.54, 1.807) is 13.8 Å². The summed E-state index contributed by atoms with van der Waals surface area (Å²) in [5.41, 5.74) is 3.08. The minimum absolute atomic E-state index is 0.0820. The number of esters is 1. The molecule has 0 saturated heterocycles. The van der Waals surface area contributed by atoms with Crippen LogP contribution < -0.4 is 5.32 Å². The van der Waals surface area contributed by atoms with Crippen molar-refractivity contribution in [1.82, 2.24) is 5.32 Å². The largest absolute Gasteiger partial charge is 0.481 e. The Labute approximate surface area is 177 Å². The normalized spacial score (nSPS) is 12.6. The molecule has 1 unspecified atom stereocenters. The highest BCUT2D eigenvalue weighted by Gasteiger charge is 2.20. The van der Waals surface area contributed by atoms with Gasteiger partial charge < -0.3 is 15.2 Å². The molecule has 160 valence electrons. The number of aliphatic carboxylic acids is 1. The Morgan fingerprint density at radius 1 is 0.933 bits per heavy atom. The number of carbonyl (C=O) groups is 3. The topological polar surface area (TPSA) is 92.7 Å². The summed E-state index contributed by atoms with van der Waals surface area (Å²) in [4.78, 5) is 34.9. The summed E-state index contributed by atoms with van der Waals surface area (Å²) in [5, 5.41) is 11.7. The molecule has 0 aromatic heterocycles. The summed E-state index contributed by atoms with van der Waals surface area (Å²) < 4.78 is 5.06. The number of carboxylic acids is 1. The molecule has 0 bridgehead atoms. The average Bonchev–Trinajstić information content (AvgIpc) is 2.75. The van der Waals surface area contributed by atoms with E-state index >= 15 is 0 Å². The highest BCUT2D eigenvalue weighted by Crippen LogP contribution is 2.26. The van der Waals surface area contributed by atoms with Gasteiger partial charge in [0.15, 0.2) is 0 Å². The van der Waals surface area contributed by atoms with Gasteiger partial charge in [-0.1, -0.05) is 61.5 Å². The summed E-state index contributed by atoms with van der Waals surface area (Å²) in [6, 6.07) is 17.6. The Morgan fingerprint density at radius 3 is 2.17 bits per heavy atom. The van der Waals surface area contributed by atoms with E-state index in [0.29, 0.717) is 19.4 Å². The Balaban J connectivity index is 2.12. The van der Waals surface area contributed by atoms with Crippen LogP contribution in [0.25, 0.3) is 11.1 Å². The molecule has 0 saturated carbocycles. The monoisotopic (exact) mass is 411 g/mol. The number of hydrogen-bond donors (Lipinski definition) is 2. The van der Waals surface area contributed by atoms with Crippen LogP contribution in [0.15, 0.2) is 54.6 Å². The molecule has 2 aromatic rings. The van der Waals surface area contributed by atoms with Crippen LogP contribution in [0.3, 0.4) is 0 Å². The molecule has 1 amide bonds. The van der Waals surface area contributed by atoms with Gasteiger partial charge >= 0.3 is 11.9 Å². The highest BCUT2D eigenvalue weighted by molar-refractivity contribution is 5.81. The fourth-order valence-corrected chi connectivity index (χ4v) is 3.17. The molecular formula is C24H29NO5. The molecule has 6 heteroatoms. The van der Waals surface area contributed by atoms with Crippen LogP contribution >= 0.6 is 0 Å². The average molecular weight is 411 g/mol. The number of carboxylic acid groups (broad SMARTS) is 1. The Bertz CT molecular complexity index is 832. The fourth-order valence-electron chi connectivity index (χ4n) is 3.17. The number of carbonyl (C=O) groups excluding carboxylic acids is 2. The first kappa shape index (κ1) is 23.1. The van der Waals surface area contributed by atoms with E-state index in [9.17, 15) is 14.4 Å². The van der Waals surface area contributed by atoms with E-state index in [1.165, 1.54) is 0 Å². The second-order valence-corrected chi connectivity index (χ2v) is 7.23. The van der Waals surface area contributed by atoms with Crippen molar-refractivity contribution in [3.8, 4) is 11.1 Å². The molecule has 0 spiro atoms. The van der Waals surface area contributed by atoms with E-state index in [1.807, 2.05) is 54.6 Å². The van der Waals surface area contributed by atoms with E-state index in [-0.39, 0.29) is 36.7 Å². The third-order valence-electron chi connectivity index (χ3n) is 4.90.